The lowest BCUT2D eigenvalue weighted by molar-refractivity contribution is 0.640. The number of nitrogens with one attached hydrogen (secondary N) is 1. The summed E-state index contributed by atoms with van der Waals surface area (Å²) in [6.45, 7) is 4.54. The molecule has 1 aromatic carbocycles. The molecule has 0 spiro atoms. The van der Waals surface area contributed by atoms with E-state index in [1.807, 2.05) is 6.07 Å². The molecule has 0 radical (unpaired) electrons. The van der Waals surface area contributed by atoms with Gasteiger partial charge in [0.25, 0.3) is 0 Å². The van der Waals surface area contributed by atoms with Crippen LogP contribution in [0.15, 0.2) is 30.3 Å². The summed E-state index contributed by atoms with van der Waals surface area (Å²) in [5, 5.41) is 15.1. The number of aromatic nitrogens is 5. The van der Waals surface area contributed by atoms with Crippen LogP contribution in [0, 0.1) is 5.92 Å². The van der Waals surface area contributed by atoms with Crippen LogP contribution >= 0.6 is 0 Å². The number of benzene rings is 1. The molecule has 2 heterocycles. The van der Waals surface area contributed by atoms with Gasteiger partial charge in [-0.1, -0.05) is 50.6 Å². The fraction of sp³-hybridized carbons (Fsp3) is 0.429. The highest BCUT2D eigenvalue weighted by atomic mass is 15.5. The van der Waals surface area contributed by atoms with Crippen LogP contribution in [-0.4, -0.2) is 25.6 Å². The molecule has 5 nitrogen and oxygen atoms in total. The molecule has 1 N–H and O–H groups in total. The monoisotopic (exact) mass is 347 g/mol. The standard InChI is InChI=1S/C21H25N5/c1-14(2)13-17-16-11-7-4-8-12-18(16)22-20(15-9-5-3-6-10-15)19(17)21-23-25-26-24-21/h3,5-6,9-10,14H,4,7-8,11-13H2,1-2H3,(H,23,24,25,26). The van der Waals surface area contributed by atoms with Crippen LogP contribution < -0.4 is 0 Å². The number of nitrogens with zero attached hydrogens (tertiary/aromatic N) is 4. The molecule has 1 aliphatic rings. The average Bonchev–Trinajstić information content (AvgIpc) is 3.06. The first-order chi connectivity index (χ1) is 12.7. The predicted octanol–water partition coefficient (Wildman–Crippen LogP) is 4.40. The second-order valence-corrected chi connectivity index (χ2v) is 7.50. The molecule has 0 amide bonds. The third kappa shape index (κ3) is 3.26. The fourth-order valence-corrected chi connectivity index (χ4v) is 3.95. The largest absolute Gasteiger partial charge is 0.252 e. The zero-order valence-corrected chi connectivity index (χ0v) is 15.5. The molecular formula is C21H25N5. The predicted molar refractivity (Wildman–Crippen MR) is 103 cm³/mol. The Morgan fingerprint density at radius 3 is 2.58 bits per heavy atom. The van der Waals surface area contributed by atoms with E-state index < -0.39 is 0 Å². The van der Waals surface area contributed by atoms with Gasteiger partial charge in [-0.3, -0.25) is 4.98 Å². The van der Waals surface area contributed by atoms with Crippen molar-refractivity contribution < 1.29 is 0 Å². The Labute approximate surface area is 154 Å². The van der Waals surface area contributed by atoms with Crippen molar-refractivity contribution in [1.82, 2.24) is 25.6 Å². The van der Waals surface area contributed by atoms with Crippen LogP contribution in [-0.2, 0) is 19.3 Å². The molecule has 3 aromatic rings. The number of rotatable bonds is 4. The Morgan fingerprint density at radius 1 is 1.04 bits per heavy atom. The summed E-state index contributed by atoms with van der Waals surface area (Å²) in [4.78, 5) is 5.15. The van der Waals surface area contributed by atoms with Gasteiger partial charge in [0.2, 0.25) is 5.82 Å². The third-order valence-corrected chi connectivity index (χ3v) is 5.07. The summed E-state index contributed by atoms with van der Waals surface area (Å²) in [5.74, 6) is 1.21. The molecule has 0 saturated heterocycles. The van der Waals surface area contributed by atoms with E-state index in [0.717, 1.165) is 36.1 Å². The minimum Gasteiger partial charge on any atom is -0.252 e. The number of aromatic amines is 1. The zero-order chi connectivity index (χ0) is 17.9. The van der Waals surface area contributed by atoms with Gasteiger partial charge in [-0.15, -0.1) is 10.2 Å². The first-order valence-electron chi connectivity index (χ1n) is 9.58. The van der Waals surface area contributed by atoms with Crippen LogP contribution in [0.4, 0.5) is 0 Å². The normalized spacial score (nSPS) is 14.3. The molecule has 0 fully saturated rings. The van der Waals surface area contributed by atoms with Crippen LogP contribution in [0.2, 0.25) is 0 Å². The summed E-state index contributed by atoms with van der Waals surface area (Å²) in [7, 11) is 0. The SMILES string of the molecule is CC(C)Cc1c2c(nc(-c3ccccc3)c1-c1nn[nH]n1)CCCCC2. The maximum atomic E-state index is 5.15. The minimum atomic E-state index is 0.555. The summed E-state index contributed by atoms with van der Waals surface area (Å²) < 4.78 is 0. The summed E-state index contributed by atoms with van der Waals surface area (Å²) in [6.07, 6.45) is 6.90. The fourth-order valence-electron chi connectivity index (χ4n) is 3.95. The topological polar surface area (TPSA) is 67.3 Å². The van der Waals surface area contributed by atoms with Gasteiger partial charge in [0, 0.05) is 11.3 Å². The summed E-state index contributed by atoms with van der Waals surface area (Å²) >= 11 is 0. The molecule has 134 valence electrons. The van der Waals surface area contributed by atoms with Gasteiger partial charge in [-0.25, -0.2) is 0 Å². The van der Waals surface area contributed by atoms with Gasteiger partial charge in [-0.05, 0) is 54.4 Å². The van der Waals surface area contributed by atoms with Gasteiger partial charge in [0.1, 0.15) is 0 Å². The molecule has 0 saturated carbocycles. The Bertz CT molecular complexity index is 869. The summed E-state index contributed by atoms with van der Waals surface area (Å²) in [6, 6.07) is 10.4. The first kappa shape index (κ1) is 16.9. The van der Waals surface area contributed by atoms with Crippen molar-refractivity contribution in [3.05, 3.63) is 47.2 Å². The smallest absolute Gasteiger partial charge is 0.207 e. The molecule has 4 rings (SSSR count). The second-order valence-electron chi connectivity index (χ2n) is 7.50. The van der Waals surface area contributed by atoms with E-state index in [1.54, 1.807) is 0 Å². The molecular weight excluding hydrogens is 322 g/mol. The maximum absolute atomic E-state index is 5.15. The highest BCUT2D eigenvalue weighted by Gasteiger charge is 2.25. The van der Waals surface area contributed by atoms with E-state index in [0.29, 0.717) is 11.7 Å². The number of fused-ring (bicyclic) bond motifs is 1. The Kier molecular flexibility index (Phi) is 4.78. The van der Waals surface area contributed by atoms with E-state index >= 15 is 0 Å². The van der Waals surface area contributed by atoms with Crippen LogP contribution in [0.25, 0.3) is 22.6 Å². The lowest BCUT2D eigenvalue weighted by Crippen LogP contribution is -2.10. The van der Waals surface area contributed by atoms with Gasteiger partial charge < -0.3 is 0 Å². The molecule has 26 heavy (non-hydrogen) atoms. The quantitative estimate of drug-likeness (QED) is 0.711. The Morgan fingerprint density at radius 2 is 1.85 bits per heavy atom. The molecule has 2 aromatic heterocycles. The highest BCUT2D eigenvalue weighted by Crippen LogP contribution is 2.37. The Hall–Kier alpha value is -2.56. The highest BCUT2D eigenvalue weighted by molar-refractivity contribution is 5.81. The number of pyridine rings is 1. The molecule has 0 unspecified atom stereocenters. The van der Waals surface area contributed by atoms with E-state index in [2.05, 4.69) is 58.7 Å². The van der Waals surface area contributed by atoms with E-state index in [4.69, 9.17) is 4.98 Å². The van der Waals surface area contributed by atoms with E-state index in [9.17, 15) is 0 Å². The number of aryl methyl sites for hydroxylation is 1. The molecule has 1 aliphatic carbocycles. The van der Waals surface area contributed by atoms with Gasteiger partial charge in [0.15, 0.2) is 0 Å². The number of H-pyrrole nitrogens is 1. The molecule has 0 aliphatic heterocycles. The van der Waals surface area contributed by atoms with Crippen LogP contribution in [0.3, 0.4) is 0 Å². The minimum absolute atomic E-state index is 0.555. The van der Waals surface area contributed by atoms with E-state index in [1.165, 1.54) is 36.1 Å². The second kappa shape index (κ2) is 7.36. The lowest BCUT2D eigenvalue weighted by atomic mass is 9.88. The Balaban J connectivity index is 2.02. The van der Waals surface area contributed by atoms with Crippen LogP contribution in [0.1, 0.15) is 49.9 Å². The van der Waals surface area contributed by atoms with Crippen LogP contribution in [0.5, 0.6) is 0 Å². The number of hydrogen-bond acceptors (Lipinski definition) is 4. The molecule has 0 bridgehead atoms. The van der Waals surface area contributed by atoms with Crippen molar-refractivity contribution in [3.8, 4) is 22.6 Å². The number of tetrazole rings is 1. The van der Waals surface area contributed by atoms with Gasteiger partial charge in [0.05, 0.1) is 11.3 Å². The molecule has 0 atom stereocenters. The van der Waals surface area contributed by atoms with Gasteiger partial charge in [-0.2, -0.15) is 5.21 Å². The number of hydrogen-bond donors (Lipinski definition) is 1. The zero-order valence-electron chi connectivity index (χ0n) is 15.5. The van der Waals surface area contributed by atoms with E-state index in [-0.39, 0.29) is 0 Å². The van der Waals surface area contributed by atoms with Gasteiger partial charge >= 0.3 is 0 Å². The van der Waals surface area contributed by atoms with Crippen molar-refractivity contribution in [2.24, 2.45) is 5.92 Å². The van der Waals surface area contributed by atoms with Crippen molar-refractivity contribution in [3.63, 3.8) is 0 Å². The lowest BCUT2D eigenvalue weighted by Gasteiger charge is -2.20. The summed E-state index contributed by atoms with van der Waals surface area (Å²) in [5.41, 5.74) is 7.22. The molecule has 5 heteroatoms. The van der Waals surface area contributed by atoms with Crippen molar-refractivity contribution in [2.75, 3.05) is 0 Å². The van der Waals surface area contributed by atoms with Crippen molar-refractivity contribution >= 4 is 0 Å². The first-order valence-corrected chi connectivity index (χ1v) is 9.58. The average molecular weight is 347 g/mol. The van der Waals surface area contributed by atoms with Crippen molar-refractivity contribution in [1.29, 1.82) is 0 Å². The van der Waals surface area contributed by atoms with Crippen molar-refractivity contribution in [2.45, 2.75) is 52.4 Å². The third-order valence-electron chi connectivity index (χ3n) is 5.07. The maximum Gasteiger partial charge on any atom is 0.207 e.